The number of aryl methyl sites for hydroxylation is 1. The first-order chi connectivity index (χ1) is 14.2. The summed E-state index contributed by atoms with van der Waals surface area (Å²) in [6.07, 6.45) is 3.57. The number of ether oxygens (including phenoxy) is 1. The fourth-order valence-corrected chi connectivity index (χ4v) is 3.43. The molecule has 1 fully saturated rings. The highest BCUT2D eigenvalue weighted by atomic mass is 16.5. The zero-order valence-electron chi connectivity index (χ0n) is 16.4. The molecule has 0 radical (unpaired) electrons. The van der Waals surface area contributed by atoms with Crippen molar-refractivity contribution in [3.63, 3.8) is 0 Å². The maximum Gasteiger partial charge on any atom is 0.238 e. The van der Waals surface area contributed by atoms with Crippen molar-refractivity contribution >= 4 is 11.6 Å². The minimum atomic E-state index is -0.0153. The van der Waals surface area contributed by atoms with E-state index in [1.807, 2.05) is 42.5 Å². The molecule has 1 aromatic heterocycles. The molecule has 1 saturated heterocycles. The number of hydrogen-bond acceptors (Lipinski definition) is 6. The van der Waals surface area contributed by atoms with Crippen molar-refractivity contribution in [2.45, 2.75) is 25.9 Å². The van der Waals surface area contributed by atoms with Gasteiger partial charge in [0.2, 0.25) is 5.91 Å². The molecule has 2 aromatic carbocycles. The van der Waals surface area contributed by atoms with Crippen LogP contribution >= 0.6 is 0 Å². The van der Waals surface area contributed by atoms with Gasteiger partial charge in [0.15, 0.2) is 0 Å². The molecule has 0 saturated carbocycles. The van der Waals surface area contributed by atoms with E-state index in [0.29, 0.717) is 6.54 Å². The lowest BCUT2D eigenvalue weighted by Crippen LogP contribution is -2.42. The van der Waals surface area contributed by atoms with Crippen LogP contribution in [0, 0.1) is 6.92 Å². The van der Waals surface area contributed by atoms with Gasteiger partial charge in [-0.15, -0.1) is 5.10 Å². The van der Waals surface area contributed by atoms with Gasteiger partial charge in [0.05, 0.1) is 12.2 Å². The van der Waals surface area contributed by atoms with E-state index in [1.54, 1.807) is 4.68 Å². The Hall–Kier alpha value is -3.26. The van der Waals surface area contributed by atoms with Crippen molar-refractivity contribution in [3.8, 4) is 11.4 Å². The smallest absolute Gasteiger partial charge is 0.238 e. The summed E-state index contributed by atoms with van der Waals surface area (Å²) in [5.41, 5.74) is 2.74. The van der Waals surface area contributed by atoms with Crippen LogP contribution in [0.3, 0.4) is 0 Å². The van der Waals surface area contributed by atoms with Gasteiger partial charge in [0.1, 0.15) is 18.2 Å². The van der Waals surface area contributed by atoms with Gasteiger partial charge < -0.3 is 10.1 Å². The van der Waals surface area contributed by atoms with Crippen LogP contribution in [0.15, 0.2) is 54.9 Å². The summed E-state index contributed by atoms with van der Waals surface area (Å²) in [7, 11) is 0. The number of tetrazole rings is 1. The Labute approximate surface area is 169 Å². The summed E-state index contributed by atoms with van der Waals surface area (Å²) in [4.78, 5) is 14.6. The monoisotopic (exact) mass is 392 g/mol. The average molecular weight is 392 g/mol. The lowest BCUT2D eigenvalue weighted by Gasteiger charge is -2.32. The quantitative estimate of drug-likeness (QED) is 0.694. The van der Waals surface area contributed by atoms with E-state index in [-0.39, 0.29) is 12.0 Å². The van der Waals surface area contributed by atoms with Crippen LogP contribution in [0.2, 0.25) is 0 Å². The molecular weight excluding hydrogens is 368 g/mol. The highest BCUT2D eigenvalue weighted by Gasteiger charge is 2.22. The molecule has 4 rings (SSSR count). The Morgan fingerprint density at radius 1 is 1.14 bits per heavy atom. The molecule has 8 nitrogen and oxygen atoms in total. The first kappa shape index (κ1) is 19.1. The number of carbonyl (C=O) groups is 1. The number of amides is 1. The average Bonchev–Trinajstić information content (AvgIpc) is 3.27. The van der Waals surface area contributed by atoms with Crippen molar-refractivity contribution in [2.75, 3.05) is 25.0 Å². The van der Waals surface area contributed by atoms with E-state index >= 15 is 0 Å². The fourth-order valence-electron chi connectivity index (χ4n) is 3.43. The second-order valence-electron chi connectivity index (χ2n) is 7.21. The SMILES string of the molecule is Cc1ccccc1OC1CCN(CC(=O)Nc2ccc(-n3cnnn3)cc2)CC1. The van der Waals surface area contributed by atoms with Crippen LogP contribution in [0.25, 0.3) is 5.69 Å². The maximum absolute atomic E-state index is 12.4. The molecule has 29 heavy (non-hydrogen) atoms. The first-order valence-corrected chi connectivity index (χ1v) is 9.75. The van der Waals surface area contributed by atoms with Gasteiger partial charge in [0, 0.05) is 18.8 Å². The van der Waals surface area contributed by atoms with E-state index < -0.39 is 0 Å². The molecule has 0 atom stereocenters. The molecule has 150 valence electrons. The number of rotatable bonds is 6. The predicted molar refractivity (Wildman–Crippen MR) is 109 cm³/mol. The number of carbonyl (C=O) groups excluding carboxylic acids is 1. The highest BCUT2D eigenvalue weighted by Crippen LogP contribution is 2.22. The minimum Gasteiger partial charge on any atom is -0.490 e. The minimum absolute atomic E-state index is 0.0153. The van der Waals surface area contributed by atoms with Crippen molar-refractivity contribution in [1.29, 1.82) is 0 Å². The largest absolute Gasteiger partial charge is 0.490 e. The Kier molecular flexibility index (Phi) is 5.81. The van der Waals surface area contributed by atoms with Crippen molar-refractivity contribution in [3.05, 3.63) is 60.4 Å². The maximum atomic E-state index is 12.4. The number of nitrogens with zero attached hydrogens (tertiary/aromatic N) is 5. The third kappa shape index (κ3) is 4.97. The van der Waals surface area contributed by atoms with Gasteiger partial charge >= 0.3 is 0 Å². The van der Waals surface area contributed by atoms with Gasteiger partial charge in [-0.1, -0.05) is 18.2 Å². The standard InChI is InChI=1S/C21H24N6O2/c1-16-4-2-3-5-20(16)29-19-10-12-26(13-11-19)14-21(28)23-17-6-8-18(9-7-17)27-15-22-24-25-27/h2-9,15,19H,10-14H2,1H3,(H,23,28). The zero-order chi connectivity index (χ0) is 20.1. The predicted octanol–water partition coefficient (Wildman–Crippen LogP) is 2.45. The number of hydrogen-bond donors (Lipinski definition) is 1. The Balaban J connectivity index is 1.23. The van der Waals surface area contributed by atoms with Crippen LogP contribution in [-0.4, -0.2) is 56.8 Å². The Morgan fingerprint density at radius 3 is 2.59 bits per heavy atom. The van der Waals surface area contributed by atoms with Crippen LogP contribution in [0.5, 0.6) is 5.75 Å². The summed E-state index contributed by atoms with van der Waals surface area (Å²) in [6.45, 7) is 4.14. The third-order valence-electron chi connectivity index (χ3n) is 5.05. The van der Waals surface area contributed by atoms with Gasteiger partial charge in [-0.3, -0.25) is 9.69 Å². The van der Waals surface area contributed by atoms with Crippen LogP contribution in [0.1, 0.15) is 18.4 Å². The fraction of sp³-hybridized carbons (Fsp3) is 0.333. The molecule has 0 aliphatic carbocycles. The zero-order valence-corrected chi connectivity index (χ0v) is 16.4. The third-order valence-corrected chi connectivity index (χ3v) is 5.05. The second kappa shape index (κ2) is 8.83. The van der Waals surface area contributed by atoms with Crippen molar-refractivity contribution in [2.24, 2.45) is 0 Å². The number of piperidine rings is 1. The van der Waals surface area contributed by atoms with Crippen LogP contribution in [0.4, 0.5) is 5.69 Å². The molecule has 1 aliphatic heterocycles. The van der Waals surface area contributed by atoms with E-state index in [2.05, 4.69) is 38.7 Å². The molecule has 0 spiro atoms. The van der Waals surface area contributed by atoms with Crippen LogP contribution in [-0.2, 0) is 4.79 Å². The first-order valence-electron chi connectivity index (χ1n) is 9.75. The number of likely N-dealkylation sites (tertiary alicyclic amines) is 1. The lowest BCUT2D eigenvalue weighted by molar-refractivity contribution is -0.117. The van der Waals surface area contributed by atoms with Gasteiger partial charge in [0.25, 0.3) is 0 Å². The van der Waals surface area contributed by atoms with Crippen LogP contribution < -0.4 is 10.1 Å². The number of anilines is 1. The summed E-state index contributed by atoms with van der Waals surface area (Å²) < 4.78 is 7.70. The van der Waals surface area contributed by atoms with Gasteiger partial charge in [-0.2, -0.15) is 0 Å². The summed E-state index contributed by atoms with van der Waals surface area (Å²) in [6, 6.07) is 15.5. The topological polar surface area (TPSA) is 85.2 Å². The van der Waals surface area contributed by atoms with Crippen molar-refractivity contribution < 1.29 is 9.53 Å². The number of aromatic nitrogens is 4. The molecule has 1 amide bonds. The summed E-state index contributed by atoms with van der Waals surface area (Å²) >= 11 is 0. The molecular formula is C21H24N6O2. The molecule has 8 heteroatoms. The molecule has 1 aliphatic rings. The molecule has 3 aromatic rings. The van der Waals surface area contributed by atoms with E-state index in [9.17, 15) is 4.79 Å². The lowest BCUT2D eigenvalue weighted by atomic mass is 10.1. The molecule has 0 unspecified atom stereocenters. The number of para-hydroxylation sites is 1. The number of benzene rings is 2. The van der Waals surface area contributed by atoms with Gasteiger partial charge in [-0.25, -0.2) is 4.68 Å². The molecule has 2 heterocycles. The van der Waals surface area contributed by atoms with E-state index in [4.69, 9.17) is 4.74 Å². The summed E-state index contributed by atoms with van der Waals surface area (Å²) in [5, 5.41) is 14.0. The Morgan fingerprint density at radius 2 is 1.90 bits per heavy atom. The number of nitrogens with one attached hydrogen (secondary N) is 1. The summed E-state index contributed by atoms with van der Waals surface area (Å²) in [5.74, 6) is 0.937. The van der Waals surface area contributed by atoms with Crippen molar-refractivity contribution in [1.82, 2.24) is 25.1 Å². The molecule has 0 bridgehead atoms. The normalized spacial score (nSPS) is 15.2. The van der Waals surface area contributed by atoms with E-state index in [0.717, 1.165) is 48.6 Å². The Bertz CT molecular complexity index is 934. The van der Waals surface area contributed by atoms with E-state index in [1.165, 1.54) is 6.33 Å². The molecule has 1 N–H and O–H groups in total. The highest BCUT2D eigenvalue weighted by molar-refractivity contribution is 5.92. The second-order valence-corrected chi connectivity index (χ2v) is 7.21. The van der Waals surface area contributed by atoms with Gasteiger partial charge in [-0.05, 0) is 66.1 Å².